The number of aliphatic carboxylic acids is 1. The number of hydrogen-bond acceptors (Lipinski definition) is 6. The lowest BCUT2D eigenvalue weighted by atomic mass is 10.1. The summed E-state index contributed by atoms with van der Waals surface area (Å²) in [6.45, 7) is -0.213. The van der Waals surface area contributed by atoms with E-state index in [0.29, 0.717) is 6.08 Å². The maximum atomic E-state index is 14.5. The van der Waals surface area contributed by atoms with Gasteiger partial charge in [-0.15, -0.1) is 11.3 Å². The highest BCUT2D eigenvalue weighted by Gasteiger charge is 2.26. The van der Waals surface area contributed by atoms with E-state index >= 15 is 0 Å². The number of fused-ring (bicyclic) bond motifs is 1. The second-order valence-corrected chi connectivity index (χ2v) is 7.45. The van der Waals surface area contributed by atoms with Crippen LogP contribution in [0.3, 0.4) is 0 Å². The molecule has 0 atom stereocenters. The van der Waals surface area contributed by atoms with Crippen LogP contribution in [0.5, 0.6) is 11.5 Å². The van der Waals surface area contributed by atoms with E-state index in [1.54, 1.807) is 11.4 Å². The zero-order valence-electron chi connectivity index (χ0n) is 11.9. The van der Waals surface area contributed by atoms with Crippen LogP contribution < -0.4 is 14.2 Å². The second-order valence-electron chi connectivity index (χ2n) is 4.59. The van der Waals surface area contributed by atoms with Gasteiger partial charge in [0.25, 0.3) is 10.0 Å². The number of hydrogen-bond donors (Lipinski definition) is 2. The van der Waals surface area contributed by atoms with Crippen LogP contribution in [-0.2, 0) is 14.8 Å². The van der Waals surface area contributed by atoms with E-state index in [4.69, 9.17) is 14.6 Å². The molecule has 0 saturated heterocycles. The molecule has 2 N–H and O–H groups in total. The molecule has 2 aromatic rings. The highest BCUT2D eigenvalue weighted by Crippen LogP contribution is 2.41. The third-order valence-corrected chi connectivity index (χ3v) is 5.80. The van der Waals surface area contributed by atoms with Gasteiger partial charge in [-0.25, -0.2) is 17.6 Å². The van der Waals surface area contributed by atoms with Gasteiger partial charge in [0.05, 0.1) is 5.69 Å². The van der Waals surface area contributed by atoms with Crippen molar-refractivity contribution in [1.29, 1.82) is 0 Å². The number of rotatable bonds is 5. The monoisotopic (exact) mass is 371 g/mol. The first-order valence-corrected chi connectivity index (χ1v) is 8.84. The average Bonchev–Trinajstić information content (AvgIpc) is 3.17. The molecule has 0 amide bonds. The molecular weight excluding hydrogens is 361 g/mol. The third kappa shape index (κ3) is 3.05. The molecule has 1 aromatic carbocycles. The van der Waals surface area contributed by atoms with Gasteiger partial charge < -0.3 is 14.6 Å². The average molecular weight is 371 g/mol. The number of anilines is 1. The number of nitrogens with one attached hydrogen (secondary N) is 1. The van der Waals surface area contributed by atoms with Gasteiger partial charge in [0.2, 0.25) is 12.5 Å². The number of carboxylic acid groups (broad SMARTS) is 1. The zero-order chi connectivity index (χ0) is 17.3. The van der Waals surface area contributed by atoms with Gasteiger partial charge in [-0.2, -0.15) is 0 Å². The number of thiophene rings is 1. The predicted molar refractivity (Wildman–Crippen MR) is 84.3 cm³/mol. The first kappa shape index (κ1) is 16.3. The molecule has 0 aliphatic carbocycles. The number of carboxylic acids is 1. The summed E-state index contributed by atoms with van der Waals surface area (Å²) in [5, 5.41) is 10.3. The summed E-state index contributed by atoms with van der Waals surface area (Å²) in [6, 6.07) is 4.20. The molecule has 3 rings (SSSR count). The van der Waals surface area contributed by atoms with Crippen molar-refractivity contribution in [3.63, 3.8) is 0 Å². The number of carbonyl (C=O) groups is 1. The molecular formula is C14H10FNO6S2. The molecule has 2 heterocycles. The number of sulfonamides is 1. The largest absolute Gasteiger partial charge is 0.478 e. The fourth-order valence-electron chi connectivity index (χ4n) is 2.03. The van der Waals surface area contributed by atoms with Crippen molar-refractivity contribution in [2.45, 2.75) is 4.21 Å². The first-order valence-electron chi connectivity index (χ1n) is 6.48. The van der Waals surface area contributed by atoms with Gasteiger partial charge in [0.15, 0.2) is 11.6 Å². The van der Waals surface area contributed by atoms with Crippen LogP contribution in [0, 0.1) is 5.82 Å². The first-order chi connectivity index (χ1) is 11.4. The van der Waals surface area contributed by atoms with Crippen molar-refractivity contribution in [2.24, 2.45) is 0 Å². The fourth-order valence-corrected chi connectivity index (χ4v) is 4.09. The number of benzene rings is 1. The minimum Gasteiger partial charge on any atom is -0.478 e. The summed E-state index contributed by atoms with van der Waals surface area (Å²) in [5.74, 6) is -2.38. The van der Waals surface area contributed by atoms with E-state index in [0.717, 1.165) is 17.4 Å². The number of ether oxygens (including phenoxy) is 2. The van der Waals surface area contributed by atoms with Crippen molar-refractivity contribution in [3.05, 3.63) is 41.0 Å². The summed E-state index contributed by atoms with van der Waals surface area (Å²) in [4.78, 5) is 10.7. The van der Waals surface area contributed by atoms with E-state index in [-0.39, 0.29) is 33.8 Å². The molecule has 0 saturated carbocycles. The standard InChI is InChI=1S/C14H10FNO6S2/c15-13-8(3-4-11(17)18)9(6-10-14(13)22-7-21-10)16-24(19,20)12-2-1-5-23-12/h1-6,16H,7H2,(H,17,18)/b4-3+. The van der Waals surface area contributed by atoms with E-state index in [2.05, 4.69) is 4.72 Å². The van der Waals surface area contributed by atoms with Crippen molar-refractivity contribution >= 4 is 39.1 Å². The van der Waals surface area contributed by atoms with Crippen LogP contribution in [-0.4, -0.2) is 26.3 Å². The molecule has 0 fully saturated rings. The third-order valence-electron chi connectivity index (χ3n) is 3.04. The summed E-state index contributed by atoms with van der Waals surface area (Å²) in [6.07, 6.45) is 1.65. The van der Waals surface area contributed by atoms with Crippen molar-refractivity contribution in [1.82, 2.24) is 0 Å². The van der Waals surface area contributed by atoms with Gasteiger partial charge in [-0.05, 0) is 17.5 Å². The lowest BCUT2D eigenvalue weighted by Crippen LogP contribution is -2.13. The maximum absolute atomic E-state index is 14.5. The van der Waals surface area contributed by atoms with Crippen molar-refractivity contribution < 1.29 is 32.2 Å². The van der Waals surface area contributed by atoms with Crippen LogP contribution in [0.2, 0.25) is 0 Å². The van der Waals surface area contributed by atoms with Gasteiger partial charge in [0.1, 0.15) is 4.21 Å². The predicted octanol–water partition coefficient (Wildman–Crippen LogP) is 2.51. The van der Waals surface area contributed by atoms with Crippen LogP contribution in [0.4, 0.5) is 10.1 Å². The Kier molecular flexibility index (Phi) is 4.16. The van der Waals surface area contributed by atoms with Crippen molar-refractivity contribution in [3.8, 4) is 11.5 Å². The van der Waals surface area contributed by atoms with Gasteiger partial charge in [-0.3, -0.25) is 4.72 Å². The van der Waals surface area contributed by atoms with Gasteiger partial charge in [-0.1, -0.05) is 6.07 Å². The molecule has 126 valence electrons. The SMILES string of the molecule is O=C(O)/C=C/c1c(NS(=O)(=O)c2cccs2)cc2c(c1F)OCO2. The Morgan fingerprint density at radius 1 is 1.42 bits per heavy atom. The molecule has 7 nitrogen and oxygen atoms in total. The summed E-state index contributed by atoms with van der Waals surface area (Å²) in [5.41, 5.74) is -0.413. The van der Waals surface area contributed by atoms with Crippen molar-refractivity contribution in [2.75, 3.05) is 11.5 Å². The summed E-state index contributed by atoms with van der Waals surface area (Å²) in [7, 11) is -3.94. The Morgan fingerprint density at radius 2 is 2.21 bits per heavy atom. The lowest BCUT2D eigenvalue weighted by Gasteiger charge is -2.12. The molecule has 0 unspecified atom stereocenters. The Bertz CT molecular complexity index is 921. The zero-order valence-corrected chi connectivity index (χ0v) is 13.5. The van der Waals surface area contributed by atoms with Crippen LogP contribution in [0.25, 0.3) is 6.08 Å². The number of halogens is 1. The Balaban J connectivity index is 2.09. The van der Waals surface area contributed by atoms with Gasteiger partial charge >= 0.3 is 5.97 Å². The Morgan fingerprint density at radius 3 is 2.88 bits per heavy atom. The molecule has 10 heteroatoms. The Hall–Kier alpha value is -2.59. The summed E-state index contributed by atoms with van der Waals surface area (Å²) < 4.78 is 51.5. The maximum Gasteiger partial charge on any atom is 0.328 e. The molecule has 1 aliphatic rings. The topological polar surface area (TPSA) is 102 Å². The highest BCUT2D eigenvalue weighted by atomic mass is 32.2. The molecule has 24 heavy (non-hydrogen) atoms. The minimum absolute atomic E-state index is 0.0313. The summed E-state index contributed by atoms with van der Waals surface area (Å²) >= 11 is 0.991. The molecule has 1 aliphatic heterocycles. The minimum atomic E-state index is -3.94. The quantitative estimate of drug-likeness (QED) is 0.783. The molecule has 0 spiro atoms. The highest BCUT2D eigenvalue weighted by molar-refractivity contribution is 7.94. The van der Waals surface area contributed by atoms with E-state index in [1.807, 2.05) is 0 Å². The van der Waals surface area contributed by atoms with Gasteiger partial charge in [0, 0.05) is 17.7 Å². The fraction of sp³-hybridized carbons (Fsp3) is 0.0714. The van der Waals surface area contributed by atoms with Crippen LogP contribution >= 0.6 is 11.3 Å². The normalized spacial score (nSPS) is 13.4. The smallest absolute Gasteiger partial charge is 0.328 e. The van der Waals surface area contributed by atoms with E-state index in [9.17, 15) is 17.6 Å². The lowest BCUT2D eigenvalue weighted by molar-refractivity contribution is -0.131. The van der Waals surface area contributed by atoms with Crippen LogP contribution in [0.1, 0.15) is 5.56 Å². The Labute approximate surface area is 140 Å². The molecule has 0 radical (unpaired) electrons. The van der Waals surface area contributed by atoms with E-state index in [1.165, 1.54) is 12.1 Å². The molecule has 1 aromatic heterocycles. The van der Waals surface area contributed by atoms with E-state index < -0.39 is 21.8 Å². The van der Waals surface area contributed by atoms with Crippen LogP contribution in [0.15, 0.2) is 33.9 Å². The second kappa shape index (κ2) is 6.13. The molecule has 0 bridgehead atoms.